The Morgan fingerprint density at radius 1 is 1.19 bits per heavy atom. The smallest absolute Gasteiger partial charge is 0.229 e. The van der Waals surface area contributed by atoms with Crippen LogP contribution in [0.15, 0.2) is 43.0 Å². The van der Waals surface area contributed by atoms with Gasteiger partial charge in [0.1, 0.15) is 5.82 Å². The van der Waals surface area contributed by atoms with Crippen LogP contribution in [-0.2, 0) is 11.2 Å². The molecule has 1 saturated carbocycles. The first kappa shape index (κ1) is 18.2. The molecule has 4 rings (SSSR count). The second-order valence-corrected chi connectivity index (χ2v) is 8.18. The van der Waals surface area contributed by atoms with Gasteiger partial charge in [-0.05, 0) is 49.8 Å². The highest BCUT2D eigenvalue weighted by Gasteiger charge is 2.42. The Labute approximate surface area is 160 Å². The normalized spacial score (nSPS) is 20.6. The summed E-state index contributed by atoms with van der Waals surface area (Å²) in [5, 5.41) is 0. The van der Waals surface area contributed by atoms with Gasteiger partial charge in [0.2, 0.25) is 5.91 Å². The van der Waals surface area contributed by atoms with Crippen molar-refractivity contribution in [2.45, 2.75) is 57.4 Å². The average Bonchev–Trinajstić information content (AvgIpc) is 3.23. The third-order valence-corrected chi connectivity index (χ3v) is 6.39. The first-order chi connectivity index (χ1) is 13.2. The van der Waals surface area contributed by atoms with Crippen LogP contribution in [-0.4, -0.2) is 33.4 Å². The zero-order valence-corrected chi connectivity index (χ0v) is 15.8. The van der Waals surface area contributed by atoms with Crippen LogP contribution < -0.4 is 0 Å². The van der Waals surface area contributed by atoms with Crippen molar-refractivity contribution in [3.63, 3.8) is 0 Å². The molecule has 1 aromatic heterocycles. The number of rotatable bonds is 4. The maximum Gasteiger partial charge on any atom is 0.229 e. The fourth-order valence-corrected chi connectivity index (χ4v) is 4.92. The van der Waals surface area contributed by atoms with E-state index in [4.69, 9.17) is 0 Å². The summed E-state index contributed by atoms with van der Waals surface area (Å²) < 4.78 is 15.8. The molecule has 0 radical (unpaired) electrons. The Kier molecular flexibility index (Phi) is 5.28. The van der Waals surface area contributed by atoms with Gasteiger partial charge >= 0.3 is 0 Å². The summed E-state index contributed by atoms with van der Waals surface area (Å²) in [6.07, 6.45) is 13.5. The number of hydrogen-bond acceptors (Lipinski definition) is 2. The number of aromatic nitrogens is 2. The molecule has 4 nitrogen and oxygen atoms in total. The summed E-state index contributed by atoms with van der Waals surface area (Å²) in [6, 6.07) is 7.21. The van der Waals surface area contributed by atoms with Gasteiger partial charge in [-0.2, -0.15) is 0 Å². The van der Waals surface area contributed by atoms with E-state index in [0.717, 1.165) is 57.2 Å². The van der Waals surface area contributed by atoms with Crippen molar-refractivity contribution < 1.29 is 9.18 Å². The van der Waals surface area contributed by atoms with Gasteiger partial charge in [0.25, 0.3) is 0 Å². The molecule has 0 spiro atoms. The van der Waals surface area contributed by atoms with Crippen molar-refractivity contribution >= 4 is 5.91 Å². The third-order valence-electron chi connectivity index (χ3n) is 6.39. The number of amides is 1. The van der Waals surface area contributed by atoms with Crippen molar-refractivity contribution in [3.8, 4) is 0 Å². The largest absolute Gasteiger partial charge is 0.342 e. The van der Waals surface area contributed by atoms with E-state index >= 15 is 0 Å². The van der Waals surface area contributed by atoms with Gasteiger partial charge in [0, 0.05) is 31.5 Å². The van der Waals surface area contributed by atoms with Crippen LogP contribution in [0.3, 0.4) is 0 Å². The van der Waals surface area contributed by atoms with Crippen molar-refractivity contribution in [1.82, 2.24) is 14.5 Å². The molecular weight excluding hydrogens is 341 g/mol. The molecule has 1 saturated heterocycles. The predicted molar refractivity (Wildman–Crippen MR) is 103 cm³/mol. The van der Waals surface area contributed by atoms with Crippen LogP contribution in [0, 0.1) is 11.2 Å². The van der Waals surface area contributed by atoms with Gasteiger partial charge in [-0.3, -0.25) is 4.79 Å². The minimum Gasteiger partial charge on any atom is -0.342 e. The molecule has 1 amide bonds. The molecule has 0 N–H and O–H groups in total. The van der Waals surface area contributed by atoms with Crippen LogP contribution in [0.25, 0.3) is 0 Å². The summed E-state index contributed by atoms with van der Waals surface area (Å²) in [6.45, 7) is 1.60. The third kappa shape index (κ3) is 3.92. The maximum absolute atomic E-state index is 13.7. The van der Waals surface area contributed by atoms with Gasteiger partial charge < -0.3 is 9.47 Å². The number of carbonyl (C=O) groups is 1. The fraction of sp³-hybridized carbons (Fsp3) is 0.545. The first-order valence-corrected chi connectivity index (χ1v) is 10.2. The molecular formula is C22H28FN3O. The van der Waals surface area contributed by atoms with E-state index in [2.05, 4.69) is 14.5 Å². The Bertz CT molecular complexity index is 760. The summed E-state index contributed by atoms with van der Waals surface area (Å²) >= 11 is 0. The monoisotopic (exact) mass is 369 g/mol. The number of imidazole rings is 1. The zero-order chi connectivity index (χ0) is 18.7. The van der Waals surface area contributed by atoms with Crippen molar-refractivity contribution in [1.29, 1.82) is 0 Å². The molecule has 5 heteroatoms. The lowest BCUT2D eigenvalue weighted by atomic mass is 9.69. The van der Waals surface area contributed by atoms with Crippen LogP contribution in [0.2, 0.25) is 0 Å². The average molecular weight is 369 g/mol. The topological polar surface area (TPSA) is 38.1 Å². The SMILES string of the molecule is O=C(N1CCC(n2ccnc2)CC1)C1(Cc2cccc(F)c2)CCCCC1. The molecule has 144 valence electrons. The zero-order valence-electron chi connectivity index (χ0n) is 15.8. The van der Waals surface area contributed by atoms with E-state index in [1.165, 1.54) is 12.5 Å². The molecule has 2 aliphatic rings. The maximum atomic E-state index is 13.7. The minimum atomic E-state index is -0.353. The van der Waals surface area contributed by atoms with Crippen LogP contribution in [0.5, 0.6) is 0 Å². The number of nitrogens with zero attached hydrogens (tertiary/aromatic N) is 3. The lowest BCUT2D eigenvalue weighted by molar-refractivity contribution is -0.145. The number of benzene rings is 1. The van der Waals surface area contributed by atoms with E-state index in [1.54, 1.807) is 12.1 Å². The predicted octanol–water partition coefficient (Wildman–Crippen LogP) is 4.38. The number of piperidine rings is 1. The Balaban J connectivity index is 1.48. The van der Waals surface area contributed by atoms with E-state index in [1.807, 2.05) is 24.8 Å². The van der Waals surface area contributed by atoms with Crippen LogP contribution >= 0.6 is 0 Å². The fourth-order valence-electron chi connectivity index (χ4n) is 4.92. The molecule has 2 aromatic rings. The Morgan fingerprint density at radius 2 is 1.96 bits per heavy atom. The standard InChI is InChI=1S/C22H28FN3O/c23-19-6-4-5-18(15-19)16-22(9-2-1-3-10-22)21(27)25-12-7-20(8-13-25)26-14-11-24-17-26/h4-6,11,14-15,17,20H,1-3,7-10,12-13,16H2. The van der Waals surface area contributed by atoms with Crippen LogP contribution in [0.4, 0.5) is 4.39 Å². The van der Waals surface area contributed by atoms with Crippen molar-refractivity contribution in [2.75, 3.05) is 13.1 Å². The van der Waals surface area contributed by atoms with Gasteiger partial charge in [-0.1, -0.05) is 31.4 Å². The van der Waals surface area contributed by atoms with E-state index < -0.39 is 0 Å². The first-order valence-electron chi connectivity index (χ1n) is 10.2. The highest BCUT2D eigenvalue weighted by atomic mass is 19.1. The van der Waals surface area contributed by atoms with E-state index in [0.29, 0.717) is 12.5 Å². The summed E-state index contributed by atoms with van der Waals surface area (Å²) in [7, 11) is 0. The highest BCUT2D eigenvalue weighted by molar-refractivity contribution is 5.83. The minimum absolute atomic E-state index is 0.216. The van der Waals surface area contributed by atoms with E-state index in [9.17, 15) is 9.18 Å². The Hall–Kier alpha value is -2.17. The number of halogens is 1. The number of carbonyl (C=O) groups excluding carboxylic acids is 1. The number of likely N-dealkylation sites (tertiary alicyclic amines) is 1. The molecule has 1 aromatic carbocycles. The second-order valence-electron chi connectivity index (χ2n) is 8.18. The summed E-state index contributed by atoms with van der Waals surface area (Å²) in [5.74, 6) is 0.0718. The van der Waals surface area contributed by atoms with Gasteiger partial charge in [-0.25, -0.2) is 9.37 Å². The summed E-state index contributed by atoms with van der Waals surface area (Å²) in [5.41, 5.74) is 0.590. The van der Waals surface area contributed by atoms with E-state index in [-0.39, 0.29) is 17.1 Å². The Morgan fingerprint density at radius 3 is 2.63 bits per heavy atom. The highest BCUT2D eigenvalue weighted by Crippen LogP contribution is 2.42. The molecule has 1 aliphatic carbocycles. The lowest BCUT2D eigenvalue weighted by Gasteiger charge is -2.42. The van der Waals surface area contributed by atoms with Crippen molar-refractivity contribution in [2.24, 2.45) is 5.41 Å². The van der Waals surface area contributed by atoms with Gasteiger partial charge in [-0.15, -0.1) is 0 Å². The number of hydrogen-bond donors (Lipinski definition) is 0. The molecule has 1 aliphatic heterocycles. The van der Waals surface area contributed by atoms with Gasteiger partial charge in [0.05, 0.1) is 11.7 Å². The molecule has 27 heavy (non-hydrogen) atoms. The lowest BCUT2D eigenvalue weighted by Crippen LogP contribution is -2.49. The second kappa shape index (κ2) is 7.83. The van der Waals surface area contributed by atoms with Crippen molar-refractivity contribution in [3.05, 3.63) is 54.4 Å². The summed E-state index contributed by atoms with van der Waals surface area (Å²) in [4.78, 5) is 19.8. The molecule has 2 fully saturated rings. The molecule has 0 atom stereocenters. The van der Waals surface area contributed by atoms with Crippen LogP contribution in [0.1, 0.15) is 56.6 Å². The molecule has 2 heterocycles. The molecule has 0 bridgehead atoms. The van der Waals surface area contributed by atoms with Gasteiger partial charge in [0.15, 0.2) is 0 Å². The quantitative estimate of drug-likeness (QED) is 0.802. The molecule has 0 unspecified atom stereocenters.